The maximum atomic E-state index is 13.2. The van der Waals surface area contributed by atoms with E-state index in [4.69, 9.17) is 9.47 Å². The van der Waals surface area contributed by atoms with Crippen molar-refractivity contribution in [2.45, 2.75) is 86.8 Å². The molecular weight excluding hydrogens is 1000 g/mol. The van der Waals surface area contributed by atoms with Crippen LogP contribution in [-0.2, 0) is 74.9 Å². The number of amides is 2. The van der Waals surface area contributed by atoms with Crippen LogP contribution in [0.15, 0.2) is 97.1 Å². The zero-order chi connectivity index (χ0) is 52.5. The van der Waals surface area contributed by atoms with Crippen molar-refractivity contribution in [3.63, 3.8) is 0 Å². The molecule has 0 saturated carbocycles. The van der Waals surface area contributed by atoms with E-state index in [0.29, 0.717) is 35.4 Å². The van der Waals surface area contributed by atoms with Crippen LogP contribution in [0.2, 0.25) is 0 Å². The van der Waals surface area contributed by atoms with Gasteiger partial charge in [-0.15, -0.1) is 0 Å². The predicted molar refractivity (Wildman–Crippen MR) is 227 cm³/mol. The lowest BCUT2D eigenvalue weighted by Gasteiger charge is -2.31. The van der Waals surface area contributed by atoms with Gasteiger partial charge in [0.25, 0.3) is 0 Å². The third-order valence-electron chi connectivity index (χ3n) is 11.1. The quantitative estimate of drug-likeness (QED) is 0.0916. The van der Waals surface area contributed by atoms with E-state index in [-0.39, 0.29) is 49.3 Å². The fourth-order valence-electron chi connectivity index (χ4n) is 7.74. The van der Waals surface area contributed by atoms with Crippen molar-refractivity contribution >= 4 is 31.9 Å². The lowest BCUT2D eigenvalue weighted by molar-refractivity contribution is -0.145. The standard InChI is InChI=1S/2C22H22F6N2O4S/c2*1-13(14-8-16(21(23,24)25)10-17(9-14)22(26,27)28)34-12-20(15-6-4-3-5-7-15)11-18(19(31)29-20)30-35(2,32)33/h2*3-10,13,18,30H,11-12H2,1-2H3,(H,29,31)/t13-,18+,20-;13-,18-,20-/m11/s1. The summed E-state index contributed by atoms with van der Waals surface area (Å²) in [5.41, 5.74) is -8.09. The van der Waals surface area contributed by atoms with Gasteiger partial charge in [-0.05, 0) is 72.5 Å². The molecule has 2 heterocycles. The summed E-state index contributed by atoms with van der Waals surface area (Å²) < 4.78 is 221. The number of benzene rings is 4. The fourth-order valence-corrected chi connectivity index (χ4v) is 9.16. The highest BCUT2D eigenvalue weighted by Gasteiger charge is 2.49. The molecule has 2 fully saturated rings. The molecule has 0 aromatic heterocycles. The second-order valence-corrected chi connectivity index (χ2v) is 20.3. The summed E-state index contributed by atoms with van der Waals surface area (Å²) in [5, 5.41) is 5.37. The summed E-state index contributed by atoms with van der Waals surface area (Å²) in [7, 11) is -7.50. The Morgan fingerprint density at radius 3 is 1.04 bits per heavy atom. The van der Waals surface area contributed by atoms with E-state index in [1.165, 1.54) is 13.8 Å². The molecule has 2 amide bonds. The number of alkyl halides is 12. The monoisotopic (exact) mass is 1050 g/mol. The summed E-state index contributed by atoms with van der Waals surface area (Å²) in [6.07, 6.45) is -20.9. The smallest absolute Gasteiger partial charge is 0.371 e. The Bertz CT molecular complexity index is 2490. The van der Waals surface area contributed by atoms with Crippen LogP contribution in [0.3, 0.4) is 0 Å². The highest BCUT2D eigenvalue weighted by Crippen LogP contribution is 2.41. The number of rotatable bonds is 14. The summed E-state index contributed by atoms with van der Waals surface area (Å²) in [6.45, 7) is 1.89. The molecule has 12 nitrogen and oxygen atoms in total. The first-order valence-corrected chi connectivity index (χ1v) is 24.3. The number of nitrogens with one attached hydrogen (secondary N) is 4. The normalized spacial score (nSPS) is 22.2. The number of sulfonamides is 2. The number of halogens is 12. The lowest BCUT2D eigenvalue weighted by atomic mass is 9.88. The molecule has 2 aliphatic rings. The highest BCUT2D eigenvalue weighted by atomic mass is 32.2. The Hall–Kier alpha value is -5.28. The van der Waals surface area contributed by atoms with Crippen molar-refractivity contribution in [2.75, 3.05) is 25.7 Å². The maximum absolute atomic E-state index is 13.2. The summed E-state index contributed by atoms with van der Waals surface area (Å²) in [6, 6.07) is 16.7. The second-order valence-electron chi connectivity index (χ2n) is 16.8. The molecule has 4 aromatic carbocycles. The largest absolute Gasteiger partial charge is 0.416 e. The number of carbonyl (C=O) groups is 2. The number of carbonyl (C=O) groups excluding carboxylic acids is 2. The molecule has 4 N–H and O–H groups in total. The first kappa shape index (κ1) is 55.6. The van der Waals surface area contributed by atoms with Crippen LogP contribution in [0.25, 0.3) is 0 Å². The maximum Gasteiger partial charge on any atom is 0.416 e. The molecule has 0 bridgehead atoms. The van der Waals surface area contributed by atoms with E-state index in [1.54, 1.807) is 60.7 Å². The Kier molecular flexibility index (Phi) is 16.3. The van der Waals surface area contributed by atoms with E-state index in [1.807, 2.05) is 0 Å². The van der Waals surface area contributed by atoms with Gasteiger partial charge < -0.3 is 20.1 Å². The highest BCUT2D eigenvalue weighted by molar-refractivity contribution is 7.89. The van der Waals surface area contributed by atoms with E-state index in [9.17, 15) is 79.1 Å². The number of ether oxygens (including phenoxy) is 2. The van der Waals surface area contributed by atoms with E-state index in [2.05, 4.69) is 20.1 Å². The molecule has 0 aliphatic carbocycles. The molecule has 0 unspecified atom stereocenters. The second kappa shape index (κ2) is 20.4. The van der Waals surface area contributed by atoms with Gasteiger partial charge in [0.15, 0.2) is 0 Å². The Morgan fingerprint density at radius 1 is 0.529 bits per heavy atom. The molecule has 26 heteroatoms. The molecule has 70 heavy (non-hydrogen) atoms. The van der Waals surface area contributed by atoms with Crippen LogP contribution >= 0.6 is 0 Å². The molecule has 6 rings (SSSR count). The van der Waals surface area contributed by atoms with Gasteiger partial charge in [-0.1, -0.05) is 60.7 Å². The van der Waals surface area contributed by atoms with Gasteiger partial charge in [-0.3, -0.25) is 9.59 Å². The summed E-state index contributed by atoms with van der Waals surface area (Å²) in [4.78, 5) is 25.0. The molecule has 2 aliphatic heterocycles. The lowest BCUT2D eigenvalue weighted by Crippen LogP contribution is -2.43. The number of hydrogen-bond donors (Lipinski definition) is 4. The molecular formula is C44H44F12N4O8S2. The van der Waals surface area contributed by atoms with Crippen LogP contribution in [0.4, 0.5) is 52.7 Å². The van der Waals surface area contributed by atoms with Crippen molar-refractivity contribution in [3.05, 3.63) is 142 Å². The topological polar surface area (TPSA) is 169 Å². The van der Waals surface area contributed by atoms with E-state index < -0.39 is 114 Å². The average molecular weight is 1050 g/mol. The minimum absolute atomic E-state index is 0.0281. The third-order valence-corrected chi connectivity index (χ3v) is 12.6. The van der Waals surface area contributed by atoms with Crippen LogP contribution in [-0.4, -0.2) is 66.5 Å². The molecule has 4 aromatic rings. The minimum atomic E-state index is -5.01. The zero-order valence-corrected chi connectivity index (χ0v) is 38.6. The van der Waals surface area contributed by atoms with Gasteiger partial charge in [-0.2, -0.15) is 52.7 Å². The number of hydrogen-bond acceptors (Lipinski definition) is 8. The van der Waals surface area contributed by atoms with Crippen molar-refractivity contribution in [2.24, 2.45) is 0 Å². The van der Waals surface area contributed by atoms with Crippen LogP contribution in [0, 0.1) is 0 Å². The fraction of sp³-hybridized carbons (Fsp3) is 0.409. The summed E-state index contributed by atoms with van der Waals surface area (Å²) in [5.74, 6) is -1.29. The van der Waals surface area contributed by atoms with Crippen LogP contribution < -0.4 is 20.1 Å². The van der Waals surface area contributed by atoms with Crippen molar-refractivity contribution in [3.8, 4) is 0 Å². The molecule has 0 radical (unpaired) electrons. The van der Waals surface area contributed by atoms with Gasteiger partial charge >= 0.3 is 24.7 Å². The average Bonchev–Trinajstić information content (AvgIpc) is 3.74. The molecule has 6 atom stereocenters. The minimum Gasteiger partial charge on any atom is -0.371 e. The van der Waals surface area contributed by atoms with Gasteiger partial charge in [0.1, 0.15) is 12.1 Å². The van der Waals surface area contributed by atoms with Crippen molar-refractivity contribution in [1.82, 2.24) is 20.1 Å². The zero-order valence-electron chi connectivity index (χ0n) is 37.0. The molecule has 2 saturated heterocycles. The Balaban J connectivity index is 0.000000261. The Morgan fingerprint density at radius 2 is 0.800 bits per heavy atom. The van der Waals surface area contributed by atoms with Gasteiger partial charge in [-0.25, -0.2) is 26.3 Å². The summed E-state index contributed by atoms with van der Waals surface area (Å²) >= 11 is 0. The van der Waals surface area contributed by atoms with Crippen molar-refractivity contribution < 1.29 is 88.6 Å². The van der Waals surface area contributed by atoms with Crippen molar-refractivity contribution in [1.29, 1.82) is 0 Å². The van der Waals surface area contributed by atoms with E-state index in [0.717, 1.165) is 12.5 Å². The van der Waals surface area contributed by atoms with Gasteiger partial charge in [0, 0.05) is 12.8 Å². The first-order chi connectivity index (χ1) is 32.0. The predicted octanol–water partition coefficient (Wildman–Crippen LogP) is 8.27. The van der Waals surface area contributed by atoms with Gasteiger partial charge in [0.2, 0.25) is 31.9 Å². The van der Waals surface area contributed by atoms with Crippen LogP contribution in [0.1, 0.15) is 83.4 Å². The van der Waals surface area contributed by atoms with E-state index >= 15 is 0 Å². The van der Waals surface area contributed by atoms with Gasteiger partial charge in [0.05, 0.1) is 71.3 Å². The third kappa shape index (κ3) is 14.4. The molecule has 384 valence electrons. The first-order valence-electron chi connectivity index (χ1n) is 20.5. The van der Waals surface area contributed by atoms with Crippen LogP contribution in [0.5, 0.6) is 0 Å². The molecule has 0 spiro atoms. The SMILES string of the molecule is C[C@@H](OC[C@@]1(c2ccccc2)C[C@@H](NS(C)(=O)=O)C(=O)N1)c1cc(C(F)(F)F)cc(C(F)(F)F)c1.C[C@@H](OC[C@@]1(c2ccccc2)C[C@H](NS(C)(=O)=O)C(=O)N1)c1cc(C(F)(F)F)cc(C(F)(F)F)c1. The Labute approximate surface area is 393 Å².